The molecule has 1 aromatic heterocycles. The van der Waals surface area contributed by atoms with E-state index >= 15 is 0 Å². The van der Waals surface area contributed by atoms with Crippen molar-refractivity contribution in [2.45, 2.75) is 18.4 Å². The zero-order valence-electron chi connectivity index (χ0n) is 11.0. The Bertz CT molecular complexity index is 715. The Morgan fingerprint density at radius 1 is 1.45 bits per heavy atom. The second-order valence-electron chi connectivity index (χ2n) is 4.38. The number of nitrogens with zero attached hydrogens (tertiary/aromatic N) is 2. The summed E-state index contributed by atoms with van der Waals surface area (Å²) in [6, 6.07) is 3.19. The highest BCUT2D eigenvalue weighted by atomic mass is 79.9. The van der Waals surface area contributed by atoms with Crippen molar-refractivity contribution in [2.75, 3.05) is 12.8 Å². The molecule has 0 radical (unpaired) electrons. The monoisotopic (exact) mass is 375 g/mol. The Hall–Kier alpha value is -0.960. The van der Waals surface area contributed by atoms with Gasteiger partial charge in [0.25, 0.3) is 0 Å². The number of benzene rings is 1. The zero-order valence-corrected chi connectivity index (χ0v) is 14.2. The van der Waals surface area contributed by atoms with Gasteiger partial charge < -0.3 is 5.73 Å². The molecule has 0 atom stereocenters. The summed E-state index contributed by atoms with van der Waals surface area (Å²) in [6.45, 7) is 1.98. The van der Waals surface area contributed by atoms with Gasteiger partial charge in [0, 0.05) is 22.6 Å². The van der Waals surface area contributed by atoms with Crippen LogP contribution in [0.2, 0.25) is 0 Å². The molecule has 2 rings (SSSR count). The smallest absolute Gasteiger partial charge is 0.243 e. The van der Waals surface area contributed by atoms with E-state index in [9.17, 15) is 8.42 Å². The van der Waals surface area contributed by atoms with Crippen molar-refractivity contribution in [3.63, 3.8) is 0 Å². The average Bonchev–Trinajstić information content (AvgIpc) is 2.86. The highest BCUT2D eigenvalue weighted by Gasteiger charge is 2.24. The molecular weight excluding hydrogens is 362 g/mol. The Morgan fingerprint density at radius 2 is 2.15 bits per heavy atom. The van der Waals surface area contributed by atoms with Crippen LogP contribution in [-0.2, 0) is 16.6 Å². The molecule has 0 aliphatic carbocycles. The SMILES string of the molecule is Cc1cc(Br)c(N)cc1S(=O)(=O)N(C)Cc1cscn1. The molecule has 0 saturated carbocycles. The van der Waals surface area contributed by atoms with E-state index in [2.05, 4.69) is 20.9 Å². The first-order valence-corrected chi connectivity index (χ1v) is 8.89. The highest BCUT2D eigenvalue weighted by molar-refractivity contribution is 9.10. The van der Waals surface area contributed by atoms with E-state index in [4.69, 9.17) is 5.73 Å². The van der Waals surface area contributed by atoms with Gasteiger partial charge >= 0.3 is 0 Å². The maximum Gasteiger partial charge on any atom is 0.243 e. The van der Waals surface area contributed by atoms with Crippen LogP contribution in [0.4, 0.5) is 5.69 Å². The summed E-state index contributed by atoms with van der Waals surface area (Å²) in [4.78, 5) is 4.32. The molecule has 1 heterocycles. The fraction of sp³-hybridized carbons (Fsp3) is 0.250. The molecule has 108 valence electrons. The molecule has 2 N–H and O–H groups in total. The van der Waals surface area contributed by atoms with Gasteiger partial charge in [-0.1, -0.05) is 0 Å². The van der Waals surface area contributed by atoms with Crippen molar-refractivity contribution < 1.29 is 8.42 Å². The molecule has 0 unspecified atom stereocenters. The lowest BCUT2D eigenvalue weighted by molar-refractivity contribution is 0.462. The van der Waals surface area contributed by atoms with Gasteiger partial charge in [-0.25, -0.2) is 13.4 Å². The molecule has 2 aromatic rings. The number of halogens is 1. The maximum atomic E-state index is 12.6. The number of aromatic nitrogens is 1. The Labute approximate surface area is 130 Å². The lowest BCUT2D eigenvalue weighted by atomic mass is 10.2. The van der Waals surface area contributed by atoms with Crippen LogP contribution in [0.1, 0.15) is 11.3 Å². The number of aryl methyl sites for hydroxylation is 1. The van der Waals surface area contributed by atoms with Crippen LogP contribution in [0.15, 0.2) is 32.4 Å². The summed E-state index contributed by atoms with van der Waals surface area (Å²) in [5.74, 6) is 0. The van der Waals surface area contributed by atoms with Gasteiger partial charge in [0.1, 0.15) is 0 Å². The van der Waals surface area contributed by atoms with Crippen LogP contribution >= 0.6 is 27.3 Å². The lowest BCUT2D eigenvalue weighted by Gasteiger charge is -2.18. The summed E-state index contributed by atoms with van der Waals surface area (Å²) < 4.78 is 27.1. The first-order chi connectivity index (χ1) is 9.32. The third kappa shape index (κ3) is 3.03. The Kier molecular flexibility index (Phi) is 4.48. The number of hydrogen-bond donors (Lipinski definition) is 1. The molecule has 1 aromatic carbocycles. The number of thiazole rings is 1. The topological polar surface area (TPSA) is 76.3 Å². The van der Waals surface area contributed by atoms with E-state index in [1.807, 2.05) is 5.38 Å². The molecule has 0 spiro atoms. The normalized spacial score (nSPS) is 12.0. The van der Waals surface area contributed by atoms with Crippen LogP contribution in [-0.4, -0.2) is 24.8 Å². The summed E-state index contributed by atoms with van der Waals surface area (Å²) >= 11 is 4.73. The lowest BCUT2D eigenvalue weighted by Crippen LogP contribution is -2.27. The third-order valence-corrected chi connectivity index (χ3v) is 6.12. The predicted octanol–water partition coefficient (Wildman–Crippen LogP) is 2.62. The largest absolute Gasteiger partial charge is 0.398 e. The molecule has 8 heteroatoms. The van der Waals surface area contributed by atoms with Crippen molar-refractivity contribution in [1.29, 1.82) is 0 Å². The number of nitrogen functional groups attached to an aromatic ring is 1. The van der Waals surface area contributed by atoms with Gasteiger partial charge in [0.15, 0.2) is 0 Å². The van der Waals surface area contributed by atoms with Crippen molar-refractivity contribution >= 4 is 43.0 Å². The summed E-state index contributed by atoms with van der Waals surface area (Å²) in [7, 11) is -2.05. The minimum absolute atomic E-state index is 0.218. The van der Waals surface area contributed by atoms with Crippen LogP contribution in [0.25, 0.3) is 0 Å². The average molecular weight is 376 g/mol. The fourth-order valence-electron chi connectivity index (χ4n) is 1.74. The van der Waals surface area contributed by atoms with E-state index in [0.717, 1.165) is 5.69 Å². The Morgan fingerprint density at radius 3 is 2.75 bits per heavy atom. The van der Waals surface area contributed by atoms with Gasteiger partial charge in [0.05, 0.1) is 22.6 Å². The van der Waals surface area contributed by atoms with Crippen molar-refractivity contribution in [1.82, 2.24) is 9.29 Å². The molecule has 0 fully saturated rings. The van der Waals surface area contributed by atoms with Crippen LogP contribution in [0.3, 0.4) is 0 Å². The van der Waals surface area contributed by atoms with Crippen LogP contribution in [0.5, 0.6) is 0 Å². The fourth-order valence-corrected chi connectivity index (χ4v) is 4.13. The van der Waals surface area contributed by atoms with E-state index in [1.165, 1.54) is 28.8 Å². The standard InChI is InChI=1S/C12H14BrN3O2S2/c1-8-3-10(13)11(14)4-12(8)20(17,18)16(2)5-9-6-19-7-15-9/h3-4,6-7H,5,14H2,1-2H3. The molecule has 0 amide bonds. The van der Waals surface area contributed by atoms with Gasteiger partial charge in [0.2, 0.25) is 10.0 Å². The molecular formula is C12H14BrN3O2S2. The predicted molar refractivity (Wildman–Crippen MR) is 84.1 cm³/mol. The summed E-state index contributed by atoms with van der Waals surface area (Å²) in [5, 5.41) is 1.83. The first kappa shape index (κ1) is 15.4. The maximum absolute atomic E-state index is 12.6. The Balaban J connectivity index is 2.37. The highest BCUT2D eigenvalue weighted by Crippen LogP contribution is 2.28. The molecule has 0 saturated heterocycles. The van der Waals surface area contributed by atoms with Gasteiger partial charge in [-0.2, -0.15) is 4.31 Å². The van der Waals surface area contributed by atoms with E-state index in [-0.39, 0.29) is 11.4 Å². The van der Waals surface area contributed by atoms with Crippen molar-refractivity contribution in [2.24, 2.45) is 0 Å². The minimum atomic E-state index is -3.59. The summed E-state index contributed by atoms with van der Waals surface area (Å²) in [6.07, 6.45) is 0. The number of anilines is 1. The van der Waals surface area contributed by atoms with E-state index in [0.29, 0.717) is 15.7 Å². The summed E-state index contributed by atoms with van der Waals surface area (Å²) in [5.41, 5.74) is 9.24. The molecule has 5 nitrogen and oxygen atoms in total. The van der Waals surface area contributed by atoms with Crippen LogP contribution in [0, 0.1) is 6.92 Å². The molecule has 0 bridgehead atoms. The first-order valence-electron chi connectivity index (χ1n) is 5.71. The second kappa shape index (κ2) is 5.80. The van der Waals surface area contributed by atoms with Crippen LogP contribution < -0.4 is 5.73 Å². The zero-order chi connectivity index (χ0) is 14.9. The number of sulfonamides is 1. The number of rotatable bonds is 4. The van der Waals surface area contributed by atoms with Crippen molar-refractivity contribution in [3.05, 3.63) is 38.8 Å². The molecule has 20 heavy (non-hydrogen) atoms. The minimum Gasteiger partial charge on any atom is -0.398 e. The van der Waals surface area contributed by atoms with Gasteiger partial charge in [-0.15, -0.1) is 11.3 Å². The quantitative estimate of drug-likeness (QED) is 0.833. The third-order valence-electron chi connectivity index (χ3n) is 2.85. The van der Waals surface area contributed by atoms with E-state index < -0.39 is 10.0 Å². The number of hydrogen-bond acceptors (Lipinski definition) is 5. The van der Waals surface area contributed by atoms with Crippen molar-refractivity contribution in [3.8, 4) is 0 Å². The van der Waals surface area contributed by atoms with Gasteiger partial charge in [-0.05, 0) is 40.5 Å². The van der Waals surface area contributed by atoms with Gasteiger partial charge in [-0.3, -0.25) is 0 Å². The second-order valence-corrected chi connectivity index (χ2v) is 7.97. The molecule has 0 aliphatic rings. The number of nitrogens with two attached hydrogens (primary N) is 1. The molecule has 0 aliphatic heterocycles. The van der Waals surface area contributed by atoms with E-state index in [1.54, 1.807) is 18.5 Å².